The van der Waals surface area contributed by atoms with Crippen LogP contribution in [0, 0.1) is 5.92 Å². The fourth-order valence-electron chi connectivity index (χ4n) is 3.57. The zero-order valence-electron chi connectivity index (χ0n) is 14.8. The predicted molar refractivity (Wildman–Crippen MR) is 95.6 cm³/mol. The van der Waals surface area contributed by atoms with Crippen molar-refractivity contribution in [2.24, 2.45) is 5.92 Å². The molecule has 25 heavy (non-hydrogen) atoms. The topological polar surface area (TPSA) is 75.4 Å². The first-order chi connectivity index (χ1) is 12.2. The smallest absolute Gasteiger partial charge is 0.219 e. The molecule has 1 amide bonds. The summed E-state index contributed by atoms with van der Waals surface area (Å²) in [5, 5.41) is 16.4. The standard InChI is InChI=1S/C18H26N6O/c1-2-4-17(25)19-11-13-5-3-10-23(12-13)16-9-8-15-20-21-18(14-6-7-14)24(15)22-16/h8-9,13-14H,2-7,10-12H2,1H3,(H,19,25). The van der Waals surface area contributed by atoms with E-state index in [1.165, 1.54) is 12.8 Å². The van der Waals surface area contributed by atoms with Crippen LogP contribution in [0.15, 0.2) is 12.1 Å². The van der Waals surface area contributed by atoms with Crippen LogP contribution in [-0.4, -0.2) is 45.4 Å². The Morgan fingerprint density at radius 3 is 2.96 bits per heavy atom. The first kappa shape index (κ1) is 16.3. The van der Waals surface area contributed by atoms with E-state index in [0.717, 1.165) is 56.2 Å². The van der Waals surface area contributed by atoms with Crippen LogP contribution in [0.3, 0.4) is 0 Å². The number of rotatable bonds is 6. The molecule has 0 aromatic carbocycles. The van der Waals surface area contributed by atoms with Gasteiger partial charge in [0.05, 0.1) is 0 Å². The molecule has 7 heteroatoms. The summed E-state index contributed by atoms with van der Waals surface area (Å²) in [7, 11) is 0. The summed E-state index contributed by atoms with van der Waals surface area (Å²) in [6.45, 7) is 4.74. The van der Waals surface area contributed by atoms with E-state index in [1.54, 1.807) is 0 Å². The average molecular weight is 342 g/mol. The number of hydrogen-bond donors (Lipinski definition) is 1. The van der Waals surface area contributed by atoms with E-state index in [2.05, 4.69) is 20.4 Å². The van der Waals surface area contributed by atoms with Crippen LogP contribution in [0.1, 0.15) is 57.2 Å². The number of amides is 1. The predicted octanol–water partition coefficient (Wildman–Crippen LogP) is 2.13. The maximum atomic E-state index is 11.7. The van der Waals surface area contributed by atoms with E-state index in [0.29, 0.717) is 18.3 Å². The lowest BCUT2D eigenvalue weighted by molar-refractivity contribution is -0.121. The lowest BCUT2D eigenvalue weighted by Crippen LogP contribution is -2.41. The van der Waals surface area contributed by atoms with Crippen molar-refractivity contribution < 1.29 is 4.79 Å². The van der Waals surface area contributed by atoms with E-state index >= 15 is 0 Å². The van der Waals surface area contributed by atoms with Crippen LogP contribution in [0.2, 0.25) is 0 Å². The Labute approximate surface area is 147 Å². The largest absolute Gasteiger partial charge is 0.356 e. The summed E-state index contributed by atoms with van der Waals surface area (Å²) in [5.74, 6) is 3.16. The molecule has 1 atom stereocenters. The normalized spacial score (nSPS) is 20.8. The van der Waals surface area contributed by atoms with E-state index in [1.807, 2.05) is 23.6 Å². The Morgan fingerprint density at radius 2 is 2.16 bits per heavy atom. The summed E-state index contributed by atoms with van der Waals surface area (Å²) in [5.41, 5.74) is 0.825. The van der Waals surface area contributed by atoms with Gasteiger partial charge in [0.2, 0.25) is 5.91 Å². The minimum absolute atomic E-state index is 0.165. The van der Waals surface area contributed by atoms with Crippen LogP contribution in [0.4, 0.5) is 5.82 Å². The lowest BCUT2D eigenvalue weighted by atomic mass is 9.98. The third-order valence-electron chi connectivity index (χ3n) is 5.12. The van der Waals surface area contributed by atoms with Gasteiger partial charge in [-0.3, -0.25) is 4.79 Å². The monoisotopic (exact) mass is 342 g/mol. The number of hydrogen-bond acceptors (Lipinski definition) is 5. The Bertz CT molecular complexity index is 753. The quantitative estimate of drug-likeness (QED) is 0.870. The number of piperidine rings is 1. The highest BCUT2D eigenvalue weighted by molar-refractivity contribution is 5.75. The number of fused-ring (bicyclic) bond motifs is 1. The number of nitrogens with one attached hydrogen (secondary N) is 1. The molecule has 7 nitrogen and oxygen atoms in total. The van der Waals surface area contributed by atoms with Crippen molar-refractivity contribution in [2.45, 2.75) is 51.4 Å². The molecule has 0 bridgehead atoms. The fraction of sp³-hybridized carbons (Fsp3) is 0.667. The van der Waals surface area contributed by atoms with E-state index in [-0.39, 0.29) is 5.91 Å². The Morgan fingerprint density at radius 1 is 1.28 bits per heavy atom. The minimum Gasteiger partial charge on any atom is -0.356 e. The summed E-state index contributed by atoms with van der Waals surface area (Å²) in [4.78, 5) is 14.0. The third-order valence-corrected chi connectivity index (χ3v) is 5.12. The molecule has 1 saturated carbocycles. The van der Waals surface area contributed by atoms with Crippen molar-refractivity contribution in [2.75, 3.05) is 24.5 Å². The van der Waals surface area contributed by atoms with Gasteiger partial charge in [-0.2, -0.15) is 4.52 Å². The molecule has 3 heterocycles. The molecular formula is C18H26N6O. The van der Waals surface area contributed by atoms with Gasteiger partial charge >= 0.3 is 0 Å². The van der Waals surface area contributed by atoms with Gasteiger partial charge in [0, 0.05) is 32.0 Å². The molecule has 2 aliphatic rings. The molecule has 1 N–H and O–H groups in total. The highest BCUT2D eigenvalue weighted by Crippen LogP contribution is 2.38. The average Bonchev–Trinajstić information content (AvgIpc) is 3.39. The van der Waals surface area contributed by atoms with Gasteiger partial charge in [0.25, 0.3) is 0 Å². The molecular weight excluding hydrogens is 316 g/mol. The molecule has 1 aliphatic carbocycles. The van der Waals surface area contributed by atoms with Crippen molar-refractivity contribution >= 4 is 17.4 Å². The van der Waals surface area contributed by atoms with Gasteiger partial charge in [-0.15, -0.1) is 15.3 Å². The van der Waals surface area contributed by atoms with Crippen molar-refractivity contribution in [1.82, 2.24) is 25.1 Å². The molecule has 2 aromatic rings. The second-order valence-electron chi connectivity index (χ2n) is 7.30. The van der Waals surface area contributed by atoms with Crippen molar-refractivity contribution in [1.29, 1.82) is 0 Å². The summed E-state index contributed by atoms with van der Waals surface area (Å²) in [6, 6.07) is 4.05. The van der Waals surface area contributed by atoms with Gasteiger partial charge in [-0.1, -0.05) is 6.92 Å². The number of aromatic nitrogens is 4. The molecule has 1 aliphatic heterocycles. The molecule has 1 saturated heterocycles. The zero-order chi connectivity index (χ0) is 17.2. The number of carbonyl (C=O) groups is 1. The van der Waals surface area contributed by atoms with Gasteiger partial charge in [0.15, 0.2) is 11.5 Å². The van der Waals surface area contributed by atoms with Gasteiger partial charge in [-0.05, 0) is 50.2 Å². The van der Waals surface area contributed by atoms with Crippen LogP contribution in [0.5, 0.6) is 0 Å². The maximum absolute atomic E-state index is 11.7. The summed E-state index contributed by atoms with van der Waals surface area (Å²) in [6.07, 6.45) is 6.18. The highest BCUT2D eigenvalue weighted by atomic mass is 16.1. The minimum atomic E-state index is 0.165. The van der Waals surface area contributed by atoms with Crippen molar-refractivity contribution in [3.63, 3.8) is 0 Å². The highest BCUT2D eigenvalue weighted by Gasteiger charge is 2.30. The second-order valence-corrected chi connectivity index (χ2v) is 7.30. The fourth-order valence-corrected chi connectivity index (χ4v) is 3.57. The number of anilines is 1. The molecule has 0 spiro atoms. The van der Waals surface area contributed by atoms with Crippen molar-refractivity contribution in [3.05, 3.63) is 18.0 Å². The molecule has 0 radical (unpaired) electrons. The third kappa shape index (κ3) is 3.60. The summed E-state index contributed by atoms with van der Waals surface area (Å²) >= 11 is 0. The van der Waals surface area contributed by atoms with E-state index in [9.17, 15) is 4.79 Å². The number of nitrogens with zero attached hydrogens (tertiary/aromatic N) is 5. The van der Waals surface area contributed by atoms with Crippen LogP contribution in [0.25, 0.3) is 5.65 Å². The SMILES string of the molecule is CCCC(=O)NCC1CCCN(c2ccc3nnc(C4CC4)n3n2)C1. The molecule has 2 fully saturated rings. The molecule has 1 unspecified atom stereocenters. The first-order valence-electron chi connectivity index (χ1n) is 9.48. The molecule has 2 aromatic heterocycles. The van der Waals surface area contributed by atoms with Gasteiger partial charge in [-0.25, -0.2) is 0 Å². The Kier molecular flexibility index (Phi) is 4.55. The van der Waals surface area contributed by atoms with Gasteiger partial charge < -0.3 is 10.2 Å². The van der Waals surface area contributed by atoms with Crippen LogP contribution >= 0.6 is 0 Å². The maximum Gasteiger partial charge on any atom is 0.219 e. The first-order valence-corrected chi connectivity index (χ1v) is 9.48. The molecule has 134 valence electrons. The Balaban J connectivity index is 1.44. The van der Waals surface area contributed by atoms with Crippen molar-refractivity contribution in [3.8, 4) is 0 Å². The van der Waals surface area contributed by atoms with Crippen LogP contribution in [-0.2, 0) is 4.79 Å². The molecule has 4 rings (SSSR count). The van der Waals surface area contributed by atoms with Gasteiger partial charge in [0.1, 0.15) is 5.82 Å². The van der Waals surface area contributed by atoms with E-state index < -0.39 is 0 Å². The lowest BCUT2D eigenvalue weighted by Gasteiger charge is -2.33. The summed E-state index contributed by atoms with van der Waals surface area (Å²) < 4.78 is 1.92. The van der Waals surface area contributed by atoms with E-state index in [4.69, 9.17) is 5.10 Å². The number of carbonyl (C=O) groups excluding carboxylic acids is 1. The van der Waals surface area contributed by atoms with Crippen LogP contribution < -0.4 is 10.2 Å². The zero-order valence-corrected chi connectivity index (χ0v) is 14.8. The second kappa shape index (κ2) is 6.98. The Hall–Kier alpha value is -2.18.